The first kappa shape index (κ1) is 23.9. The minimum atomic E-state index is -1.07. The van der Waals surface area contributed by atoms with Gasteiger partial charge in [-0.3, -0.25) is 19.6 Å². The van der Waals surface area contributed by atoms with E-state index in [0.717, 1.165) is 18.4 Å². The zero-order valence-electron chi connectivity index (χ0n) is 18.2. The average molecular weight is 450 g/mol. The summed E-state index contributed by atoms with van der Waals surface area (Å²) in [6.07, 6.45) is 2.27. The molecule has 0 heterocycles. The molecule has 0 bridgehead atoms. The molecule has 1 saturated carbocycles. The lowest BCUT2D eigenvalue weighted by Crippen LogP contribution is -2.54. The number of anilines is 1. The van der Waals surface area contributed by atoms with Crippen LogP contribution in [0.1, 0.15) is 41.3 Å². The standard InChI is InChI=1S/C24H27N5O4/c1-15(25)22(24(32)29-33)28-23(31)18-8-4-16(5-9-18)2-3-17-6-10-20(11-7-17)27-21(30)14-26-19-12-13-19/h4-11,15,19,22,26,33H,12-14,25H2,1H3,(H,27,30)(H,28,31)(H,29,32). The van der Waals surface area contributed by atoms with Crippen molar-refractivity contribution in [2.24, 2.45) is 5.73 Å². The van der Waals surface area contributed by atoms with Crippen molar-refractivity contribution in [3.05, 3.63) is 65.2 Å². The fourth-order valence-corrected chi connectivity index (χ4v) is 2.95. The van der Waals surface area contributed by atoms with Crippen LogP contribution in [0.4, 0.5) is 5.69 Å². The zero-order valence-corrected chi connectivity index (χ0v) is 18.2. The number of hydroxylamine groups is 1. The fraction of sp³-hybridized carbons (Fsp3) is 0.292. The zero-order chi connectivity index (χ0) is 23.8. The first-order chi connectivity index (χ1) is 15.9. The maximum Gasteiger partial charge on any atom is 0.267 e. The van der Waals surface area contributed by atoms with Crippen LogP contribution in [-0.4, -0.2) is 47.6 Å². The molecule has 2 unspecified atom stereocenters. The lowest BCUT2D eigenvalue weighted by Gasteiger charge is -2.20. The molecule has 2 aromatic carbocycles. The summed E-state index contributed by atoms with van der Waals surface area (Å²) in [6, 6.07) is 12.5. The van der Waals surface area contributed by atoms with E-state index in [9.17, 15) is 14.4 Å². The van der Waals surface area contributed by atoms with E-state index in [1.807, 2.05) is 12.1 Å². The van der Waals surface area contributed by atoms with Gasteiger partial charge in [0, 0.05) is 34.5 Å². The van der Waals surface area contributed by atoms with Gasteiger partial charge in [-0.05, 0) is 68.3 Å². The van der Waals surface area contributed by atoms with Crippen LogP contribution in [0.3, 0.4) is 0 Å². The van der Waals surface area contributed by atoms with Crippen LogP contribution in [0, 0.1) is 11.8 Å². The predicted octanol–water partition coefficient (Wildman–Crippen LogP) is 0.728. The lowest BCUT2D eigenvalue weighted by atomic mass is 10.1. The van der Waals surface area contributed by atoms with Crippen LogP contribution in [0.25, 0.3) is 0 Å². The first-order valence-electron chi connectivity index (χ1n) is 10.6. The van der Waals surface area contributed by atoms with Gasteiger partial charge in [0.25, 0.3) is 11.8 Å². The molecular weight excluding hydrogens is 422 g/mol. The average Bonchev–Trinajstić information content (AvgIpc) is 3.65. The number of carbonyl (C=O) groups is 3. The normalized spacial score (nSPS) is 14.3. The number of nitrogens with one attached hydrogen (secondary N) is 4. The summed E-state index contributed by atoms with van der Waals surface area (Å²) in [5.74, 6) is 4.69. The molecule has 1 fully saturated rings. The van der Waals surface area contributed by atoms with E-state index in [2.05, 4.69) is 27.8 Å². The molecule has 33 heavy (non-hydrogen) atoms. The van der Waals surface area contributed by atoms with Gasteiger partial charge in [-0.15, -0.1) is 0 Å². The molecule has 7 N–H and O–H groups in total. The van der Waals surface area contributed by atoms with Gasteiger partial charge in [0.05, 0.1) is 6.54 Å². The highest BCUT2D eigenvalue weighted by Crippen LogP contribution is 2.18. The Morgan fingerprint density at radius 1 is 1.03 bits per heavy atom. The molecule has 9 nitrogen and oxygen atoms in total. The number of amides is 3. The van der Waals surface area contributed by atoms with Crippen LogP contribution in [0.2, 0.25) is 0 Å². The van der Waals surface area contributed by atoms with Crippen LogP contribution in [0.15, 0.2) is 48.5 Å². The SMILES string of the molecule is CC(N)C(NC(=O)c1ccc(C#Cc2ccc(NC(=O)CNC3CC3)cc2)cc1)C(=O)NO. The first-order valence-corrected chi connectivity index (χ1v) is 10.6. The van der Waals surface area contributed by atoms with Gasteiger partial charge in [0.2, 0.25) is 5.91 Å². The number of hydrogen-bond acceptors (Lipinski definition) is 6. The highest BCUT2D eigenvalue weighted by atomic mass is 16.5. The lowest BCUT2D eigenvalue weighted by molar-refractivity contribution is -0.131. The van der Waals surface area contributed by atoms with Gasteiger partial charge < -0.3 is 21.7 Å². The van der Waals surface area contributed by atoms with Gasteiger partial charge in [-0.25, -0.2) is 5.48 Å². The molecule has 0 saturated heterocycles. The molecule has 2 atom stereocenters. The van der Waals surface area contributed by atoms with Gasteiger partial charge in [-0.1, -0.05) is 11.8 Å². The Hall–Kier alpha value is -3.71. The summed E-state index contributed by atoms with van der Waals surface area (Å²) in [6.45, 7) is 1.85. The summed E-state index contributed by atoms with van der Waals surface area (Å²) < 4.78 is 0. The molecule has 3 rings (SSSR count). The van der Waals surface area contributed by atoms with E-state index in [1.54, 1.807) is 43.3 Å². The smallest absolute Gasteiger partial charge is 0.267 e. The van der Waals surface area contributed by atoms with Crippen molar-refractivity contribution >= 4 is 23.4 Å². The third-order valence-electron chi connectivity index (χ3n) is 5.00. The van der Waals surface area contributed by atoms with Crippen molar-refractivity contribution in [1.82, 2.24) is 16.1 Å². The molecule has 1 aliphatic rings. The van der Waals surface area contributed by atoms with Crippen molar-refractivity contribution < 1.29 is 19.6 Å². The maximum absolute atomic E-state index is 12.4. The second kappa shape index (κ2) is 11.2. The van der Waals surface area contributed by atoms with E-state index in [1.165, 1.54) is 5.48 Å². The van der Waals surface area contributed by atoms with E-state index < -0.39 is 23.9 Å². The van der Waals surface area contributed by atoms with Crippen molar-refractivity contribution in [3.8, 4) is 11.8 Å². The third-order valence-corrected chi connectivity index (χ3v) is 5.00. The molecule has 2 aromatic rings. The number of rotatable bonds is 8. The Kier molecular flexibility index (Phi) is 8.16. The summed E-state index contributed by atoms with van der Waals surface area (Å²) in [5.41, 5.74) is 9.70. The van der Waals surface area contributed by atoms with E-state index in [-0.39, 0.29) is 5.91 Å². The third kappa shape index (κ3) is 7.43. The minimum Gasteiger partial charge on any atom is -0.339 e. The van der Waals surface area contributed by atoms with Crippen molar-refractivity contribution in [1.29, 1.82) is 0 Å². The number of benzene rings is 2. The minimum absolute atomic E-state index is 0.0749. The Labute approximate surface area is 192 Å². The summed E-state index contributed by atoms with van der Waals surface area (Å²) >= 11 is 0. The Morgan fingerprint density at radius 3 is 2.12 bits per heavy atom. The summed E-state index contributed by atoms with van der Waals surface area (Å²) in [4.78, 5) is 35.9. The van der Waals surface area contributed by atoms with Crippen LogP contribution < -0.4 is 27.2 Å². The molecule has 9 heteroatoms. The highest BCUT2D eigenvalue weighted by molar-refractivity contribution is 5.97. The molecule has 172 valence electrons. The monoisotopic (exact) mass is 449 g/mol. The molecule has 1 aliphatic carbocycles. The van der Waals surface area contributed by atoms with E-state index >= 15 is 0 Å². The second-order valence-electron chi connectivity index (χ2n) is 7.89. The predicted molar refractivity (Wildman–Crippen MR) is 123 cm³/mol. The van der Waals surface area contributed by atoms with Crippen LogP contribution >= 0.6 is 0 Å². The number of hydrogen-bond donors (Lipinski definition) is 6. The van der Waals surface area contributed by atoms with Gasteiger partial charge in [0.15, 0.2) is 0 Å². The van der Waals surface area contributed by atoms with Crippen molar-refractivity contribution in [2.75, 3.05) is 11.9 Å². The summed E-state index contributed by atoms with van der Waals surface area (Å²) in [7, 11) is 0. The maximum atomic E-state index is 12.4. The fourth-order valence-electron chi connectivity index (χ4n) is 2.95. The van der Waals surface area contributed by atoms with Crippen molar-refractivity contribution in [2.45, 2.75) is 37.9 Å². The highest BCUT2D eigenvalue weighted by Gasteiger charge is 2.24. The van der Waals surface area contributed by atoms with Gasteiger partial charge in [-0.2, -0.15) is 0 Å². The molecule has 0 aromatic heterocycles. The summed E-state index contributed by atoms with van der Waals surface area (Å²) in [5, 5.41) is 17.3. The molecular formula is C24H27N5O4. The molecule has 0 radical (unpaired) electrons. The van der Waals surface area contributed by atoms with Crippen LogP contribution in [0.5, 0.6) is 0 Å². The van der Waals surface area contributed by atoms with Gasteiger partial charge >= 0.3 is 0 Å². The Morgan fingerprint density at radius 2 is 1.61 bits per heavy atom. The number of carbonyl (C=O) groups excluding carboxylic acids is 3. The quantitative estimate of drug-likeness (QED) is 0.199. The Bertz CT molecular complexity index is 1050. The van der Waals surface area contributed by atoms with Crippen molar-refractivity contribution in [3.63, 3.8) is 0 Å². The molecule has 0 aliphatic heterocycles. The molecule has 0 spiro atoms. The number of nitrogens with two attached hydrogens (primary N) is 1. The van der Waals surface area contributed by atoms with Crippen LogP contribution in [-0.2, 0) is 9.59 Å². The largest absolute Gasteiger partial charge is 0.339 e. The molecule has 3 amide bonds. The topological polar surface area (TPSA) is 146 Å². The second-order valence-corrected chi connectivity index (χ2v) is 7.89. The van der Waals surface area contributed by atoms with E-state index in [4.69, 9.17) is 10.9 Å². The Balaban J connectivity index is 1.55. The van der Waals surface area contributed by atoms with Gasteiger partial charge in [0.1, 0.15) is 6.04 Å². The van der Waals surface area contributed by atoms with E-state index in [0.29, 0.717) is 29.4 Å².